The molecule has 0 unspecified atom stereocenters. The van der Waals surface area contributed by atoms with Crippen LogP contribution >= 0.6 is 0 Å². The quantitative estimate of drug-likeness (QED) is 0.214. The van der Waals surface area contributed by atoms with Gasteiger partial charge in [-0.25, -0.2) is 0 Å². The third-order valence-electron chi connectivity index (χ3n) is 7.40. The minimum Gasteiger partial charge on any atom is -0.357 e. The third-order valence-corrected chi connectivity index (χ3v) is 7.40. The first kappa shape index (κ1) is 26.0. The fourth-order valence-corrected chi connectivity index (χ4v) is 5.64. The summed E-state index contributed by atoms with van der Waals surface area (Å²) in [6.45, 7) is 3.61. The van der Waals surface area contributed by atoms with Crippen LogP contribution in [0.3, 0.4) is 0 Å². The Labute approximate surface area is 235 Å². The van der Waals surface area contributed by atoms with E-state index in [1.54, 1.807) is 6.08 Å². The van der Waals surface area contributed by atoms with Gasteiger partial charge in [-0.15, -0.1) is 0 Å². The Hall–Kier alpha value is -4.27. The smallest absolute Gasteiger partial charge is 0.208 e. The lowest BCUT2D eigenvalue weighted by Crippen LogP contribution is -2.51. The highest BCUT2D eigenvalue weighted by Crippen LogP contribution is 2.47. The van der Waals surface area contributed by atoms with Crippen LogP contribution in [0.25, 0.3) is 0 Å². The second-order valence-electron chi connectivity index (χ2n) is 10.5. The Balaban J connectivity index is 1.43. The average Bonchev–Trinajstić information content (AvgIpc) is 3.40. The van der Waals surface area contributed by atoms with Crippen LogP contribution in [0.5, 0.6) is 0 Å². The number of ketones is 1. The van der Waals surface area contributed by atoms with E-state index in [0.29, 0.717) is 5.57 Å². The molecule has 0 N–H and O–H groups in total. The number of Topliss-reactive ketones (excluding diaryl/α,β-unsaturated/α-hetero) is 1. The molecule has 0 spiro atoms. The molecule has 1 fully saturated rings. The van der Waals surface area contributed by atoms with Gasteiger partial charge in [-0.2, -0.15) is 0 Å². The van der Waals surface area contributed by atoms with Crippen LogP contribution in [0, 0.1) is 11.8 Å². The molecule has 4 nitrogen and oxygen atoms in total. The van der Waals surface area contributed by atoms with E-state index in [0.717, 1.165) is 22.3 Å². The molecular formula is C36H30O4. The highest BCUT2D eigenvalue weighted by atomic mass is 16.8. The number of ether oxygens (including phenoxy) is 3. The van der Waals surface area contributed by atoms with Crippen LogP contribution in [-0.4, -0.2) is 29.9 Å². The molecule has 2 atom stereocenters. The van der Waals surface area contributed by atoms with E-state index < -0.39 is 23.1 Å². The fourth-order valence-electron chi connectivity index (χ4n) is 5.64. The van der Waals surface area contributed by atoms with Gasteiger partial charge in [0, 0.05) is 5.56 Å². The molecule has 198 valence electrons. The Morgan fingerprint density at radius 2 is 1.20 bits per heavy atom. The summed E-state index contributed by atoms with van der Waals surface area (Å²) >= 11 is 0. The molecule has 0 saturated carbocycles. The van der Waals surface area contributed by atoms with Gasteiger partial charge in [0.05, 0.1) is 12.2 Å². The molecule has 0 radical (unpaired) electrons. The number of hydrogen-bond donors (Lipinski definition) is 0. The van der Waals surface area contributed by atoms with Gasteiger partial charge in [0.1, 0.15) is 11.7 Å². The second-order valence-corrected chi connectivity index (χ2v) is 10.5. The van der Waals surface area contributed by atoms with Crippen LogP contribution in [0.15, 0.2) is 133 Å². The minimum atomic E-state index is -1.37. The molecule has 2 aliphatic rings. The summed E-state index contributed by atoms with van der Waals surface area (Å²) in [5.41, 5.74) is 1.67. The summed E-state index contributed by atoms with van der Waals surface area (Å²) < 4.78 is 19.7. The van der Waals surface area contributed by atoms with Crippen molar-refractivity contribution in [1.29, 1.82) is 0 Å². The topological polar surface area (TPSA) is 44.8 Å². The number of benzene rings is 4. The summed E-state index contributed by atoms with van der Waals surface area (Å²) in [5.74, 6) is 4.98. The number of fused-ring (bicyclic) bond motifs is 1. The zero-order valence-electron chi connectivity index (χ0n) is 22.5. The molecule has 40 heavy (non-hydrogen) atoms. The summed E-state index contributed by atoms with van der Waals surface area (Å²) in [6, 6.07) is 39.9. The lowest BCUT2D eigenvalue weighted by atomic mass is 9.79. The number of hydrogen-bond acceptors (Lipinski definition) is 4. The van der Waals surface area contributed by atoms with E-state index in [-0.39, 0.29) is 12.4 Å². The molecule has 0 aromatic heterocycles. The van der Waals surface area contributed by atoms with Gasteiger partial charge in [0.2, 0.25) is 5.78 Å². The molecule has 4 heteroatoms. The number of carbonyl (C=O) groups excluding carboxylic acids is 1. The molecule has 4 aromatic rings. The monoisotopic (exact) mass is 526 g/mol. The zero-order valence-corrected chi connectivity index (χ0v) is 22.5. The Morgan fingerprint density at radius 3 is 1.70 bits per heavy atom. The van der Waals surface area contributed by atoms with Crippen molar-refractivity contribution in [3.63, 3.8) is 0 Å². The molecule has 1 saturated heterocycles. The van der Waals surface area contributed by atoms with Gasteiger partial charge < -0.3 is 14.2 Å². The maximum absolute atomic E-state index is 14.1. The van der Waals surface area contributed by atoms with Crippen molar-refractivity contribution in [3.05, 3.63) is 155 Å². The van der Waals surface area contributed by atoms with Crippen molar-refractivity contribution in [3.8, 4) is 11.8 Å². The van der Waals surface area contributed by atoms with Gasteiger partial charge >= 0.3 is 0 Å². The van der Waals surface area contributed by atoms with Crippen molar-refractivity contribution in [2.75, 3.05) is 6.61 Å². The van der Waals surface area contributed by atoms with Crippen molar-refractivity contribution >= 4 is 5.78 Å². The normalized spacial score (nSPS) is 21.3. The molecule has 1 aliphatic carbocycles. The minimum absolute atomic E-state index is 0.0361. The van der Waals surface area contributed by atoms with E-state index in [1.807, 2.05) is 98.8 Å². The summed E-state index contributed by atoms with van der Waals surface area (Å²) in [7, 11) is 0. The molecular weight excluding hydrogens is 496 g/mol. The fraction of sp³-hybridized carbons (Fsp3) is 0.194. The molecule has 4 aromatic carbocycles. The van der Waals surface area contributed by atoms with E-state index in [9.17, 15) is 4.79 Å². The van der Waals surface area contributed by atoms with E-state index >= 15 is 0 Å². The van der Waals surface area contributed by atoms with Crippen molar-refractivity contribution in [1.82, 2.24) is 0 Å². The maximum atomic E-state index is 14.1. The first-order chi connectivity index (χ1) is 19.4. The highest BCUT2D eigenvalue weighted by Gasteiger charge is 2.62. The predicted molar refractivity (Wildman–Crippen MR) is 154 cm³/mol. The lowest BCUT2D eigenvalue weighted by molar-refractivity contribution is -0.185. The van der Waals surface area contributed by atoms with Crippen LogP contribution in [0.4, 0.5) is 0 Å². The summed E-state index contributed by atoms with van der Waals surface area (Å²) in [6.07, 6.45) is 1.15. The van der Waals surface area contributed by atoms with Gasteiger partial charge in [-0.3, -0.25) is 4.79 Å². The average molecular weight is 527 g/mol. The van der Waals surface area contributed by atoms with E-state index in [1.165, 1.54) is 0 Å². The van der Waals surface area contributed by atoms with Crippen molar-refractivity contribution in [2.45, 2.75) is 36.9 Å². The van der Waals surface area contributed by atoms with E-state index in [4.69, 9.17) is 14.2 Å². The zero-order chi connectivity index (χ0) is 27.6. The van der Waals surface area contributed by atoms with Gasteiger partial charge in [0.15, 0.2) is 11.4 Å². The second kappa shape index (κ2) is 10.4. The number of carbonyl (C=O) groups is 1. The predicted octanol–water partition coefficient (Wildman–Crippen LogP) is 6.45. The SMILES string of the molecule is CC1(C)O[C@H]2C=C(C#Cc3ccccc3)C(=O)[C@@]2(COC(c2ccccc2)(c2ccccc2)c2ccccc2)O1. The van der Waals surface area contributed by atoms with Crippen LogP contribution < -0.4 is 0 Å². The molecule has 0 bridgehead atoms. The highest BCUT2D eigenvalue weighted by molar-refractivity contribution is 6.09. The Kier molecular flexibility index (Phi) is 6.73. The first-order valence-corrected chi connectivity index (χ1v) is 13.5. The molecule has 1 heterocycles. The first-order valence-electron chi connectivity index (χ1n) is 13.5. The van der Waals surface area contributed by atoms with Gasteiger partial charge in [-0.05, 0) is 48.7 Å². The Morgan fingerprint density at radius 1 is 0.725 bits per heavy atom. The van der Waals surface area contributed by atoms with Gasteiger partial charge in [0.25, 0.3) is 0 Å². The largest absolute Gasteiger partial charge is 0.357 e. The molecule has 0 amide bonds. The maximum Gasteiger partial charge on any atom is 0.208 e. The van der Waals surface area contributed by atoms with Crippen molar-refractivity contribution < 1.29 is 19.0 Å². The van der Waals surface area contributed by atoms with Crippen LogP contribution in [0.2, 0.25) is 0 Å². The molecule has 6 rings (SSSR count). The van der Waals surface area contributed by atoms with Crippen molar-refractivity contribution in [2.24, 2.45) is 0 Å². The third kappa shape index (κ3) is 4.59. The summed E-state index contributed by atoms with van der Waals surface area (Å²) in [4.78, 5) is 14.1. The summed E-state index contributed by atoms with van der Waals surface area (Å²) in [5, 5.41) is 0. The van der Waals surface area contributed by atoms with Gasteiger partial charge in [-0.1, -0.05) is 121 Å². The Bertz CT molecular complexity index is 1490. The van der Waals surface area contributed by atoms with E-state index in [2.05, 4.69) is 48.2 Å². The lowest BCUT2D eigenvalue weighted by Gasteiger charge is -2.39. The standard InChI is InChI=1S/C36H30O4/c1-34(2)39-32-25-28(24-23-27-15-7-3-8-16-27)33(37)35(32,40-34)26-38-36(29-17-9-4-10-18-29,30-19-11-5-12-20-30)31-21-13-6-14-22-31/h3-22,25,32H,26H2,1-2H3/t32-,35-/m0/s1. The number of rotatable bonds is 6. The van der Waals surface area contributed by atoms with Crippen LogP contribution in [-0.2, 0) is 24.6 Å². The van der Waals surface area contributed by atoms with Crippen LogP contribution in [0.1, 0.15) is 36.1 Å². The molecule has 1 aliphatic heterocycles.